The zero-order chi connectivity index (χ0) is 30.9. The van der Waals surface area contributed by atoms with Crippen molar-refractivity contribution in [3.8, 4) is 0 Å². The Morgan fingerprint density at radius 1 is 0.721 bits per heavy atom. The van der Waals surface area contributed by atoms with Crippen molar-refractivity contribution < 1.29 is 23.9 Å². The molecule has 218 valence electrons. The topological polar surface area (TPSA) is 0 Å². The summed E-state index contributed by atoms with van der Waals surface area (Å²) in [7, 11) is 0. The summed E-state index contributed by atoms with van der Waals surface area (Å²) in [6.07, 6.45) is 13.7. The van der Waals surface area contributed by atoms with Crippen molar-refractivity contribution in [2.24, 2.45) is 0 Å². The Morgan fingerprint density at radius 2 is 1.26 bits per heavy atom. The molecule has 1 aliphatic rings. The van der Waals surface area contributed by atoms with Gasteiger partial charge in [0.25, 0.3) is 0 Å². The maximum absolute atomic E-state index is 2.99. The van der Waals surface area contributed by atoms with E-state index < -0.39 is 0 Å². The van der Waals surface area contributed by atoms with E-state index in [0.29, 0.717) is 0 Å². The standard InChI is InChI=1S/C21H25.C16H16.C5H5.Hf/c1-20(2,3)16-7-9-18-14(12-16)11-15-13-17(21(4,5)6)8-10-19(15)18;1-3-9-15(10-4-1)13-7-8-14-16-11-5-2-6-12-16;1-2-4-5-3-1;/h7-13H,1-6H3;1-6,9-12H,7-8,13H2;1-3H,4H2;/q-1;;-1;+2. The van der Waals surface area contributed by atoms with Gasteiger partial charge in [-0.3, -0.25) is 6.08 Å². The van der Waals surface area contributed by atoms with E-state index in [1.807, 2.05) is 12.2 Å². The normalized spacial score (nSPS) is 12.6. The van der Waals surface area contributed by atoms with Crippen molar-refractivity contribution in [3.05, 3.63) is 150 Å². The molecule has 6 rings (SSSR count). The van der Waals surface area contributed by atoms with Crippen LogP contribution in [-0.4, -0.2) is 3.26 Å². The third kappa shape index (κ3) is 9.73. The van der Waals surface area contributed by atoms with Crippen LogP contribution in [0.15, 0.2) is 121 Å². The first kappa shape index (κ1) is 32.9. The molecule has 5 aromatic rings. The zero-order valence-corrected chi connectivity index (χ0v) is 30.5. The fourth-order valence-corrected chi connectivity index (χ4v) is 6.43. The van der Waals surface area contributed by atoms with Crippen LogP contribution < -0.4 is 0 Å². The van der Waals surface area contributed by atoms with Gasteiger partial charge in [-0.1, -0.05) is 76.9 Å². The zero-order valence-electron chi connectivity index (χ0n) is 26.9. The molecule has 0 radical (unpaired) electrons. The third-order valence-electron chi connectivity index (χ3n) is 7.88. The summed E-state index contributed by atoms with van der Waals surface area (Å²) >= 11 is 1.17. The summed E-state index contributed by atoms with van der Waals surface area (Å²) < 4.78 is 1.63. The van der Waals surface area contributed by atoms with E-state index in [2.05, 4.69) is 157 Å². The molecule has 0 aliphatic heterocycles. The molecule has 0 amide bonds. The van der Waals surface area contributed by atoms with Gasteiger partial charge in [0.1, 0.15) is 0 Å². The molecule has 0 bridgehead atoms. The first-order chi connectivity index (χ1) is 20.5. The fourth-order valence-electron chi connectivity index (χ4n) is 5.19. The van der Waals surface area contributed by atoms with E-state index in [4.69, 9.17) is 0 Å². The average molecular weight is 729 g/mol. The molecule has 0 unspecified atom stereocenters. The molecule has 0 atom stereocenters. The van der Waals surface area contributed by atoms with Crippen LogP contribution in [0, 0.1) is 6.08 Å². The maximum atomic E-state index is 2.99. The Balaban J connectivity index is 0.000000172. The van der Waals surface area contributed by atoms with Crippen molar-refractivity contribution in [1.29, 1.82) is 0 Å². The molecule has 0 N–H and O–H groups in total. The number of aryl methyl sites for hydroxylation is 1. The molecule has 0 fully saturated rings. The summed E-state index contributed by atoms with van der Waals surface area (Å²) in [6, 6.07) is 37.7. The number of hydrogen-bond acceptors (Lipinski definition) is 0. The van der Waals surface area contributed by atoms with Crippen molar-refractivity contribution in [1.82, 2.24) is 0 Å². The third-order valence-corrected chi connectivity index (χ3v) is 9.81. The SMILES string of the molecule is CC(C)(C)c1ccc2c(c1)[cH-]c1cc(C(C)(C)C)ccc12.[C-]1=CC=CC1.[Hf+2]=[C](CCCc1ccccc1)c1ccccc1. The van der Waals surface area contributed by atoms with Crippen LogP contribution in [0.1, 0.15) is 83.1 Å². The number of allylic oxidation sites excluding steroid dienone is 4. The van der Waals surface area contributed by atoms with Gasteiger partial charge in [-0.15, -0.1) is 46.2 Å². The molecule has 1 heteroatoms. The van der Waals surface area contributed by atoms with Gasteiger partial charge in [0.2, 0.25) is 0 Å². The van der Waals surface area contributed by atoms with E-state index in [9.17, 15) is 0 Å². The molecule has 0 aromatic heterocycles. The predicted octanol–water partition coefficient (Wildman–Crippen LogP) is 11.4. The molecular formula is C42H46Hf. The molecular weight excluding hydrogens is 683 g/mol. The average Bonchev–Trinajstić information content (AvgIpc) is 3.69. The van der Waals surface area contributed by atoms with Gasteiger partial charge >= 0.3 is 118 Å². The first-order valence-corrected chi connectivity index (χ1v) is 17.3. The van der Waals surface area contributed by atoms with Gasteiger partial charge in [0.05, 0.1) is 0 Å². The number of hydrogen-bond donors (Lipinski definition) is 0. The van der Waals surface area contributed by atoms with E-state index in [0.717, 1.165) is 6.42 Å². The van der Waals surface area contributed by atoms with E-state index in [-0.39, 0.29) is 10.8 Å². The van der Waals surface area contributed by atoms with Crippen LogP contribution in [0.3, 0.4) is 0 Å². The summed E-state index contributed by atoms with van der Waals surface area (Å²) in [5, 5.41) is 5.48. The molecule has 0 spiro atoms. The Kier molecular flexibility index (Phi) is 11.6. The quantitative estimate of drug-likeness (QED) is 0.125. The van der Waals surface area contributed by atoms with Crippen molar-refractivity contribution in [2.45, 2.75) is 78.1 Å². The second-order valence-electron chi connectivity index (χ2n) is 13.4. The Morgan fingerprint density at radius 3 is 1.70 bits per heavy atom. The minimum atomic E-state index is 0.203. The summed E-state index contributed by atoms with van der Waals surface area (Å²) in [6.45, 7) is 13.6. The summed E-state index contributed by atoms with van der Waals surface area (Å²) in [5.41, 5.74) is 6.10. The van der Waals surface area contributed by atoms with Crippen LogP contribution >= 0.6 is 0 Å². The molecule has 0 heterocycles. The monoisotopic (exact) mass is 730 g/mol. The predicted molar refractivity (Wildman–Crippen MR) is 186 cm³/mol. The summed E-state index contributed by atoms with van der Waals surface area (Å²) in [5.74, 6) is 0. The molecule has 43 heavy (non-hydrogen) atoms. The second-order valence-corrected chi connectivity index (χ2v) is 15.6. The second kappa shape index (κ2) is 15.1. The number of benzene rings is 4. The Hall–Kier alpha value is -3.03. The Labute approximate surface area is 275 Å². The number of fused-ring (bicyclic) bond motifs is 3. The molecule has 0 nitrogen and oxygen atoms in total. The van der Waals surface area contributed by atoms with E-state index in [1.165, 1.54) is 87.0 Å². The van der Waals surface area contributed by atoms with Crippen LogP contribution in [0.4, 0.5) is 0 Å². The van der Waals surface area contributed by atoms with Crippen molar-refractivity contribution in [3.63, 3.8) is 0 Å². The van der Waals surface area contributed by atoms with Crippen LogP contribution in [0.5, 0.6) is 0 Å². The van der Waals surface area contributed by atoms with Crippen LogP contribution in [0.2, 0.25) is 0 Å². The van der Waals surface area contributed by atoms with Crippen LogP contribution in [-0.2, 0) is 41.1 Å². The Bertz CT molecular complexity index is 1590. The van der Waals surface area contributed by atoms with E-state index in [1.54, 1.807) is 3.26 Å². The van der Waals surface area contributed by atoms with Crippen molar-refractivity contribution >= 4 is 24.8 Å². The summed E-state index contributed by atoms with van der Waals surface area (Å²) in [4.78, 5) is 0. The van der Waals surface area contributed by atoms with Crippen molar-refractivity contribution in [2.75, 3.05) is 0 Å². The van der Waals surface area contributed by atoms with Gasteiger partial charge in [-0.2, -0.15) is 6.08 Å². The molecule has 1 aliphatic carbocycles. The molecule has 0 saturated carbocycles. The van der Waals surface area contributed by atoms with Gasteiger partial charge < -0.3 is 0 Å². The van der Waals surface area contributed by atoms with Gasteiger partial charge in [-0.25, -0.2) is 12.2 Å². The molecule has 5 aromatic carbocycles. The first-order valence-electron chi connectivity index (χ1n) is 15.5. The number of rotatable bonds is 5. The van der Waals surface area contributed by atoms with E-state index >= 15 is 0 Å². The minimum absolute atomic E-state index is 0.203. The van der Waals surface area contributed by atoms with Gasteiger partial charge in [0.15, 0.2) is 0 Å². The van der Waals surface area contributed by atoms with Gasteiger partial charge in [0, 0.05) is 0 Å². The van der Waals surface area contributed by atoms with Gasteiger partial charge in [-0.05, 0) is 10.8 Å². The fraction of sp³-hybridized carbons (Fsp3) is 0.286. The molecule has 0 saturated heterocycles. The van der Waals surface area contributed by atoms with Crippen LogP contribution in [0.25, 0.3) is 21.5 Å².